The van der Waals surface area contributed by atoms with Crippen LogP contribution in [-0.2, 0) is 12.8 Å². The summed E-state index contributed by atoms with van der Waals surface area (Å²) in [6.07, 6.45) is 11.1. The number of H-pyrrole nitrogens is 1. The quantitative estimate of drug-likeness (QED) is 0.156. The van der Waals surface area contributed by atoms with Crippen LogP contribution in [0.4, 0.5) is 8.78 Å². The molecule has 0 bridgehead atoms. The summed E-state index contributed by atoms with van der Waals surface area (Å²) < 4.78 is 33.2. The van der Waals surface area contributed by atoms with Crippen LogP contribution >= 0.6 is 54.5 Å². The number of nitrogens with zero attached hydrogens (tertiary/aromatic N) is 2. The van der Waals surface area contributed by atoms with Crippen LogP contribution in [0.5, 0.6) is 0 Å². The van der Waals surface area contributed by atoms with Gasteiger partial charge in [-0.25, -0.2) is 8.78 Å². The number of unbranched alkanes of at least 4 members (excludes halogenated alkanes) is 6. The third-order valence-electron chi connectivity index (χ3n) is 6.26. The van der Waals surface area contributed by atoms with E-state index in [1.54, 1.807) is 0 Å². The molecule has 4 rings (SSSR count). The molecule has 0 atom stereocenters. The van der Waals surface area contributed by atoms with Gasteiger partial charge in [0.2, 0.25) is 0 Å². The van der Waals surface area contributed by atoms with Crippen LogP contribution in [0.3, 0.4) is 0 Å². The van der Waals surface area contributed by atoms with Gasteiger partial charge in [-0.2, -0.15) is 15.4 Å². The predicted octanol–water partition coefficient (Wildman–Crippen LogP) is 10.5. The molecule has 0 radical (unpaired) electrons. The second-order valence-electron chi connectivity index (χ2n) is 8.84. The maximum absolute atomic E-state index is 15.7. The van der Waals surface area contributed by atoms with E-state index < -0.39 is 11.6 Å². The molecule has 0 aliphatic rings. The van der Waals surface area contributed by atoms with Gasteiger partial charge < -0.3 is 0 Å². The van der Waals surface area contributed by atoms with Crippen molar-refractivity contribution in [3.8, 4) is 20.9 Å². The minimum Gasteiger partial charge on any atom is -0.203 e. The smallest absolute Gasteiger partial charge is 0.170 e. The molecule has 0 unspecified atom stereocenters. The molecule has 0 amide bonds. The van der Waals surface area contributed by atoms with Crippen LogP contribution in [-0.4, -0.2) is 15.4 Å². The summed E-state index contributed by atoms with van der Waals surface area (Å²) >= 11 is 10.1. The minimum absolute atomic E-state index is 0.177. The molecule has 0 aliphatic heterocycles. The molecule has 0 fully saturated rings. The Balaban J connectivity index is 1.70. The summed E-state index contributed by atoms with van der Waals surface area (Å²) in [4.78, 5) is 1.32. The molecule has 35 heavy (non-hydrogen) atoms. The molecule has 0 saturated heterocycles. The van der Waals surface area contributed by atoms with Gasteiger partial charge in [0.05, 0.1) is 18.7 Å². The van der Waals surface area contributed by atoms with E-state index in [2.05, 4.69) is 61.1 Å². The Labute approximate surface area is 230 Å². The number of fused-ring (bicyclic) bond motifs is 1. The van der Waals surface area contributed by atoms with Crippen molar-refractivity contribution in [2.75, 3.05) is 0 Å². The molecule has 188 valence electrons. The summed E-state index contributed by atoms with van der Waals surface area (Å²) in [5.41, 5.74) is 3.32. The highest BCUT2D eigenvalue weighted by Crippen LogP contribution is 2.45. The first-order valence-corrected chi connectivity index (χ1v) is 15.5. The van der Waals surface area contributed by atoms with Crippen molar-refractivity contribution in [3.05, 3.63) is 42.5 Å². The summed E-state index contributed by atoms with van der Waals surface area (Å²) in [5.74, 6) is -1.75. The molecule has 3 heterocycles. The molecule has 3 nitrogen and oxygen atoms in total. The maximum Gasteiger partial charge on any atom is 0.170 e. The third kappa shape index (κ3) is 5.89. The number of aryl methyl sites for hydroxylation is 2. The second-order valence-corrected chi connectivity index (χ2v) is 13.6. The predicted molar refractivity (Wildman–Crippen MR) is 152 cm³/mol. The summed E-state index contributed by atoms with van der Waals surface area (Å²) in [5, 5.41) is 11.1. The Bertz CT molecular complexity index is 1200. The van der Waals surface area contributed by atoms with Crippen LogP contribution < -0.4 is 0 Å². The summed E-state index contributed by atoms with van der Waals surface area (Å²) in [6, 6.07) is 3.92. The van der Waals surface area contributed by atoms with Gasteiger partial charge in [-0.1, -0.05) is 52.4 Å². The van der Waals surface area contributed by atoms with E-state index in [1.807, 2.05) is 12.1 Å². The largest absolute Gasteiger partial charge is 0.203 e. The van der Waals surface area contributed by atoms with Crippen molar-refractivity contribution in [2.45, 2.75) is 78.1 Å². The second kappa shape index (κ2) is 12.4. The lowest BCUT2D eigenvalue weighted by molar-refractivity contribution is 0.516. The van der Waals surface area contributed by atoms with Gasteiger partial charge >= 0.3 is 0 Å². The van der Waals surface area contributed by atoms with E-state index in [4.69, 9.17) is 0 Å². The molecule has 1 N–H and O–H groups in total. The molecule has 3 aromatic heterocycles. The van der Waals surface area contributed by atoms with Gasteiger partial charge in [-0.05, 0) is 80.8 Å². The summed E-state index contributed by atoms with van der Waals surface area (Å²) in [6.45, 7) is 4.37. The van der Waals surface area contributed by atoms with Gasteiger partial charge in [0.15, 0.2) is 11.6 Å². The highest BCUT2D eigenvalue weighted by molar-refractivity contribution is 9.11. The molecule has 9 heteroatoms. The van der Waals surface area contributed by atoms with Gasteiger partial charge in [0.25, 0.3) is 0 Å². The van der Waals surface area contributed by atoms with E-state index >= 15 is 8.78 Å². The van der Waals surface area contributed by atoms with Crippen molar-refractivity contribution in [3.63, 3.8) is 0 Å². The Morgan fingerprint density at radius 2 is 1.14 bits per heavy atom. The number of nitrogens with one attached hydrogen (secondary N) is 1. The van der Waals surface area contributed by atoms with E-state index in [0.717, 1.165) is 57.2 Å². The summed E-state index contributed by atoms with van der Waals surface area (Å²) in [7, 11) is 0. The zero-order valence-electron chi connectivity index (χ0n) is 19.9. The Morgan fingerprint density at radius 1 is 0.714 bits per heavy atom. The zero-order chi connectivity index (χ0) is 24.9. The molecular formula is C26H29Br2F2N3S2. The number of aromatic amines is 1. The van der Waals surface area contributed by atoms with Gasteiger partial charge in [-0.15, -0.1) is 22.7 Å². The molecule has 4 aromatic rings. The third-order valence-corrected chi connectivity index (χ3v) is 10.2. The molecular weight excluding hydrogens is 616 g/mol. The van der Waals surface area contributed by atoms with Crippen molar-refractivity contribution in [1.82, 2.24) is 15.4 Å². The van der Waals surface area contributed by atoms with E-state index in [9.17, 15) is 0 Å². The van der Waals surface area contributed by atoms with Crippen LogP contribution in [0.1, 0.15) is 76.3 Å². The Hall–Kier alpha value is -1.16. The topological polar surface area (TPSA) is 41.6 Å². The molecule has 0 aliphatic carbocycles. The highest BCUT2D eigenvalue weighted by atomic mass is 79.9. The first-order valence-electron chi connectivity index (χ1n) is 12.2. The number of hydrogen-bond donors (Lipinski definition) is 1. The van der Waals surface area contributed by atoms with Crippen LogP contribution in [0, 0.1) is 11.6 Å². The SMILES string of the molecule is CCCCCCc1cc(-c2c(F)c(F)c(-c3cc(CCCCCC)c(Br)s3)c3n[nH]nc23)sc1Br. The van der Waals surface area contributed by atoms with Crippen molar-refractivity contribution in [2.24, 2.45) is 0 Å². The van der Waals surface area contributed by atoms with Crippen LogP contribution in [0.25, 0.3) is 31.9 Å². The number of thiophene rings is 2. The van der Waals surface area contributed by atoms with Crippen LogP contribution in [0.15, 0.2) is 19.7 Å². The van der Waals surface area contributed by atoms with Gasteiger partial charge in [0.1, 0.15) is 11.0 Å². The fraction of sp³-hybridized carbons (Fsp3) is 0.462. The monoisotopic (exact) mass is 643 g/mol. The standard InChI is InChI=1S/C26H29Br2F2N3S2/c1-3-5-7-9-11-15-13-17(34-25(15)27)19-21(29)22(30)20(24-23(19)31-33-32-24)18-14-16(26(28)35-18)12-10-8-6-4-2/h13-14H,3-12H2,1-2H3,(H,31,32,33). The normalized spacial score (nSPS) is 11.7. The van der Waals surface area contributed by atoms with Crippen molar-refractivity contribution in [1.29, 1.82) is 0 Å². The lowest BCUT2D eigenvalue weighted by Crippen LogP contribution is -1.95. The van der Waals surface area contributed by atoms with E-state index in [1.165, 1.54) is 48.4 Å². The molecule has 1 aromatic carbocycles. The van der Waals surface area contributed by atoms with Crippen molar-refractivity contribution < 1.29 is 8.78 Å². The molecule has 0 saturated carbocycles. The van der Waals surface area contributed by atoms with Gasteiger partial charge in [0, 0.05) is 9.75 Å². The minimum atomic E-state index is -0.873. The number of rotatable bonds is 12. The average Bonchev–Trinajstić information content (AvgIpc) is 3.55. The number of benzene rings is 1. The average molecular weight is 645 g/mol. The fourth-order valence-electron chi connectivity index (χ4n) is 4.34. The number of hydrogen-bond acceptors (Lipinski definition) is 4. The van der Waals surface area contributed by atoms with Gasteiger partial charge in [-0.3, -0.25) is 0 Å². The number of halogens is 4. The van der Waals surface area contributed by atoms with E-state index in [0.29, 0.717) is 20.8 Å². The highest BCUT2D eigenvalue weighted by Gasteiger charge is 2.27. The van der Waals surface area contributed by atoms with Crippen molar-refractivity contribution >= 4 is 65.6 Å². The lowest BCUT2D eigenvalue weighted by atomic mass is 10.0. The Kier molecular flexibility index (Phi) is 9.52. The maximum atomic E-state index is 15.7. The molecule has 0 spiro atoms. The lowest BCUT2D eigenvalue weighted by Gasteiger charge is -2.08. The van der Waals surface area contributed by atoms with Crippen LogP contribution in [0.2, 0.25) is 0 Å². The first kappa shape index (κ1) is 26.9. The first-order chi connectivity index (χ1) is 17.0. The fourth-order valence-corrected chi connectivity index (χ4v) is 7.96. The zero-order valence-corrected chi connectivity index (χ0v) is 24.8. The van der Waals surface area contributed by atoms with E-state index in [-0.39, 0.29) is 11.1 Å². The Morgan fingerprint density at radius 3 is 1.54 bits per heavy atom. The number of aromatic nitrogens is 3.